The van der Waals surface area contributed by atoms with Gasteiger partial charge in [0.1, 0.15) is 6.54 Å². The minimum Gasteiger partial charge on any atom is -0.311 e. The van der Waals surface area contributed by atoms with Crippen molar-refractivity contribution >= 4 is 23.5 Å². The predicted octanol–water partition coefficient (Wildman–Crippen LogP) is 1.39. The monoisotopic (exact) mass is 224 g/mol. The van der Waals surface area contributed by atoms with E-state index in [9.17, 15) is 9.59 Å². The highest BCUT2D eigenvalue weighted by Gasteiger charge is 2.26. The molecule has 5 heteroatoms. The number of carbonyl (C=O) groups excluding carboxylic acids is 2. The number of hydrogen-bond acceptors (Lipinski definition) is 2. The smallest absolute Gasteiger partial charge is 0.311 e. The van der Waals surface area contributed by atoms with Crippen LogP contribution in [0.25, 0.3) is 0 Å². The third kappa shape index (κ3) is 2.27. The van der Waals surface area contributed by atoms with Crippen molar-refractivity contribution in [2.75, 3.05) is 6.54 Å². The first kappa shape index (κ1) is 9.98. The summed E-state index contributed by atoms with van der Waals surface area (Å²) < 4.78 is 0. The quantitative estimate of drug-likeness (QED) is 0.772. The lowest BCUT2D eigenvalue weighted by Gasteiger charge is -2.12. The predicted molar refractivity (Wildman–Crippen MR) is 55.4 cm³/mol. The van der Waals surface area contributed by atoms with E-state index in [2.05, 4.69) is 5.32 Å². The van der Waals surface area contributed by atoms with Crippen LogP contribution in [0, 0.1) is 0 Å². The van der Waals surface area contributed by atoms with Crippen molar-refractivity contribution in [3.63, 3.8) is 0 Å². The van der Waals surface area contributed by atoms with Gasteiger partial charge in [0.2, 0.25) is 5.91 Å². The van der Waals surface area contributed by atoms with E-state index in [4.69, 9.17) is 11.6 Å². The molecule has 0 spiro atoms. The molecule has 0 aromatic heterocycles. The Morgan fingerprint density at radius 3 is 2.47 bits per heavy atom. The molecule has 0 aliphatic carbocycles. The number of benzene rings is 1. The maximum Gasteiger partial charge on any atom is 0.324 e. The van der Waals surface area contributed by atoms with E-state index in [1.165, 1.54) is 4.90 Å². The first-order chi connectivity index (χ1) is 7.15. The van der Waals surface area contributed by atoms with Crippen molar-refractivity contribution in [1.82, 2.24) is 10.2 Å². The maximum absolute atomic E-state index is 11.2. The molecule has 78 valence electrons. The number of imide groups is 1. The van der Waals surface area contributed by atoms with Gasteiger partial charge in [-0.3, -0.25) is 10.1 Å². The maximum atomic E-state index is 11.2. The molecule has 1 fully saturated rings. The van der Waals surface area contributed by atoms with Gasteiger partial charge in [-0.1, -0.05) is 23.7 Å². The summed E-state index contributed by atoms with van der Waals surface area (Å²) in [5.41, 5.74) is 0.948. The molecule has 15 heavy (non-hydrogen) atoms. The zero-order valence-corrected chi connectivity index (χ0v) is 8.62. The molecule has 1 aromatic carbocycles. The van der Waals surface area contributed by atoms with Crippen LogP contribution in [0.3, 0.4) is 0 Å². The second-order valence-electron chi connectivity index (χ2n) is 3.34. The van der Waals surface area contributed by atoms with Crippen molar-refractivity contribution in [2.45, 2.75) is 6.54 Å². The van der Waals surface area contributed by atoms with E-state index in [0.717, 1.165) is 5.56 Å². The fraction of sp³-hybridized carbons (Fsp3) is 0.200. The van der Waals surface area contributed by atoms with Crippen LogP contribution >= 0.6 is 11.6 Å². The molecule has 1 heterocycles. The molecule has 1 aromatic rings. The number of halogens is 1. The molecule has 1 saturated heterocycles. The third-order valence-electron chi connectivity index (χ3n) is 2.15. The van der Waals surface area contributed by atoms with Crippen molar-refractivity contribution < 1.29 is 9.59 Å². The minimum absolute atomic E-state index is 0.126. The molecule has 0 radical (unpaired) electrons. The second kappa shape index (κ2) is 3.90. The average Bonchev–Trinajstić information content (AvgIpc) is 2.49. The van der Waals surface area contributed by atoms with Crippen LogP contribution in [0.1, 0.15) is 5.56 Å². The molecule has 0 unspecified atom stereocenters. The Kier molecular flexibility index (Phi) is 2.60. The molecule has 0 saturated carbocycles. The Balaban J connectivity index is 2.06. The zero-order valence-electron chi connectivity index (χ0n) is 7.87. The number of rotatable bonds is 2. The second-order valence-corrected chi connectivity index (χ2v) is 3.77. The third-order valence-corrected chi connectivity index (χ3v) is 2.41. The number of nitrogens with zero attached hydrogens (tertiary/aromatic N) is 1. The highest BCUT2D eigenvalue weighted by atomic mass is 35.5. The van der Waals surface area contributed by atoms with Gasteiger partial charge in [-0.2, -0.15) is 0 Å². The van der Waals surface area contributed by atoms with Gasteiger partial charge in [0.05, 0.1) is 0 Å². The summed E-state index contributed by atoms with van der Waals surface area (Å²) in [6.45, 7) is 0.552. The molecule has 0 atom stereocenters. The SMILES string of the molecule is O=C1CN(Cc2ccc(Cl)cc2)C(=O)N1. The van der Waals surface area contributed by atoms with Gasteiger partial charge in [-0.25, -0.2) is 4.79 Å². The van der Waals surface area contributed by atoms with Gasteiger partial charge in [0.15, 0.2) is 0 Å². The molecular formula is C10H9ClN2O2. The van der Waals surface area contributed by atoms with Crippen molar-refractivity contribution in [3.05, 3.63) is 34.9 Å². The Morgan fingerprint density at radius 1 is 1.27 bits per heavy atom. The van der Waals surface area contributed by atoms with Crippen molar-refractivity contribution in [3.8, 4) is 0 Å². The van der Waals surface area contributed by atoms with Gasteiger partial charge < -0.3 is 4.90 Å². The van der Waals surface area contributed by atoms with Gasteiger partial charge in [0.25, 0.3) is 0 Å². The summed E-state index contributed by atoms with van der Waals surface area (Å²) in [6, 6.07) is 6.84. The summed E-state index contributed by atoms with van der Waals surface area (Å²) in [5.74, 6) is -0.256. The van der Waals surface area contributed by atoms with E-state index in [-0.39, 0.29) is 18.5 Å². The lowest BCUT2D eigenvalue weighted by molar-refractivity contribution is -0.118. The van der Waals surface area contributed by atoms with Gasteiger partial charge >= 0.3 is 6.03 Å². The minimum atomic E-state index is -0.338. The topological polar surface area (TPSA) is 49.4 Å². The number of amides is 3. The van der Waals surface area contributed by atoms with Crippen LogP contribution in [-0.4, -0.2) is 23.4 Å². The number of carbonyl (C=O) groups is 2. The molecular weight excluding hydrogens is 216 g/mol. The van der Waals surface area contributed by atoms with Crippen molar-refractivity contribution in [1.29, 1.82) is 0 Å². The average molecular weight is 225 g/mol. The molecule has 3 amide bonds. The zero-order chi connectivity index (χ0) is 10.8. The van der Waals surface area contributed by atoms with E-state index in [0.29, 0.717) is 11.6 Å². The molecule has 1 aliphatic rings. The van der Waals surface area contributed by atoms with Crippen LogP contribution in [0.2, 0.25) is 5.02 Å². The van der Waals surface area contributed by atoms with E-state index in [1.54, 1.807) is 12.1 Å². The lowest BCUT2D eigenvalue weighted by atomic mass is 10.2. The summed E-state index contributed by atoms with van der Waals surface area (Å²) in [7, 11) is 0. The Morgan fingerprint density at radius 2 is 1.93 bits per heavy atom. The standard InChI is InChI=1S/C10H9ClN2O2/c11-8-3-1-7(2-4-8)5-13-6-9(14)12-10(13)15/h1-4H,5-6H2,(H,12,14,15). The Labute approximate surface area is 91.8 Å². The number of nitrogens with one attached hydrogen (secondary N) is 1. The Hall–Kier alpha value is -1.55. The summed E-state index contributed by atoms with van der Waals surface area (Å²) in [4.78, 5) is 23.6. The van der Waals surface area contributed by atoms with E-state index in [1.807, 2.05) is 12.1 Å². The molecule has 1 aliphatic heterocycles. The number of hydrogen-bond donors (Lipinski definition) is 1. The van der Waals surface area contributed by atoms with Crippen LogP contribution in [0.15, 0.2) is 24.3 Å². The molecule has 0 bridgehead atoms. The van der Waals surface area contributed by atoms with Crippen LogP contribution < -0.4 is 5.32 Å². The van der Waals surface area contributed by atoms with Gasteiger partial charge in [-0.15, -0.1) is 0 Å². The molecule has 4 nitrogen and oxygen atoms in total. The van der Waals surface area contributed by atoms with Crippen LogP contribution in [0.4, 0.5) is 4.79 Å². The van der Waals surface area contributed by atoms with E-state index >= 15 is 0 Å². The normalized spacial score (nSPS) is 15.7. The Bertz CT molecular complexity index is 402. The van der Waals surface area contributed by atoms with E-state index < -0.39 is 0 Å². The highest BCUT2D eigenvalue weighted by molar-refractivity contribution is 6.30. The van der Waals surface area contributed by atoms with Crippen molar-refractivity contribution in [2.24, 2.45) is 0 Å². The summed E-state index contributed by atoms with van der Waals surface area (Å²) >= 11 is 5.73. The largest absolute Gasteiger partial charge is 0.324 e. The fourth-order valence-corrected chi connectivity index (χ4v) is 1.55. The lowest BCUT2D eigenvalue weighted by Crippen LogP contribution is -2.27. The first-order valence-electron chi connectivity index (χ1n) is 4.48. The number of urea groups is 1. The van der Waals surface area contributed by atoms with Crippen LogP contribution in [-0.2, 0) is 11.3 Å². The summed E-state index contributed by atoms with van der Waals surface area (Å²) in [5, 5.41) is 2.87. The fourth-order valence-electron chi connectivity index (χ4n) is 1.42. The molecule has 1 N–H and O–H groups in total. The first-order valence-corrected chi connectivity index (χ1v) is 4.86. The summed E-state index contributed by atoms with van der Waals surface area (Å²) in [6.07, 6.45) is 0. The molecule has 2 rings (SSSR count). The van der Waals surface area contributed by atoms with Gasteiger partial charge in [0, 0.05) is 11.6 Å². The van der Waals surface area contributed by atoms with Gasteiger partial charge in [-0.05, 0) is 17.7 Å². The van der Waals surface area contributed by atoms with Crippen LogP contribution in [0.5, 0.6) is 0 Å². The highest BCUT2D eigenvalue weighted by Crippen LogP contribution is 2.12.